The highest BCUT2D eigenvalue weighted by atomic mass is 16.7. The summed E-state index contributed by atoms with van der Waals surface area (Å²) in [5, 5.41) is 101. The van der Waals surface area contributed by atoms with Gasteiger partial charge in [-0.25, -0.2) is 4.79 Å². The van der Waals surface area contributed by atoms with Crippen LogP contribution < -0.4 is 0 Å². The van der Waals surface area contributed by atoms with E-state index in [0.29, 0.717) is 0 Å². The number of rotatable bonds is 6. The fourth-order valence-corrected chi connectivity index (χ4v) is 4.91. The molecule has 0 bridgehead atoms. The largest absolute Gasteiger partial charge is 0.508 e. The van der Waals surface area contributed by atoms with Crippen LogP contribution in [-0.2, 0) is 18.9 Å². The number of furan rings is 1. The number of aromatic hydroxyl groups is 4. The van der Waals surface area contributed by atoms with Crippen LogP contribution in [0, 0.1) is 0 Å². The van der Waals surface area contributed by atoms with Gasteiger partial charge in [0.25, 0.3) is 0 Å². The van der Waals surface area contributed by atoms with Crippen molar-refractivity contribution in [2.75, 3.05) is 6.61 Å². The van der Waals surface area contributed by atoms with Gasteiger partial charge in [0.15, 0.2) is 17.8 Å². The quantitative estimate of drug-likeness (QED) is 0.115. The number of fused-ring (bicyclic) bond motifs is 1. The Kier molecular flexibility index (Phi) is 8.41. The Hall–Kier alpha value is -3.71. The number of aliphatic hydroxyl groups is 6. The van der Waals surface area contributed by atoms with Crippen LogP contribution in [0.4, 0.5) is 0 Å². The molecule has 2 fully saturated rings. The van der Waals surface area contributed by atoms with Crippen LogP contribution in [0.3, 0.4) is 0 Å². The third-order valence-electron chi connectivity index (χ3n) is 7.32. The second-order valence-electron chi connectivity index (χ2n) is 10.3. The van der Waals surface area contributed by atoms with Crippen molar-refractivity contribution in [3.05, 3.63) is 35.9 Å². The first-order valence-electron chi connectivity index (χ1n) is 13.0. The van der Waals surface area contributed by atoms with Crippen molar-refractivity contribution in [2.45, 2.75) is 68.3 Å². The highest BCUT2D eigenvalue weighted by molar-refractivity contribution is 6.11. The minimum Gasteiger partial charge on any atom is -0.508 e. The number of hydrogen-bond donors (Lipinski definition) is 10. The smallest absolute Gasteiger partial charge is 0.345 e. The van der Waals surface area contributed by atoms with Crippen LogP contribution >= 0.6 is 0 Å². The van der Waals surface area contributed by atoms with Crippen molar-refractivity contribution < 1.29 is 79.2 Å². The number of hydrogen-bond acceptors (Lipinski definition) is 16. The Morgan fingerprint density at radius 2 is 1.44 bits per heavy atom. The number of aliphatic hydroxyl groups excluding tert-OH is 6. The average Bonchev–Trinajstić information content (AvgIpc) is 3.35. The first-order valence-corrected chi connectivity index (χ1v) is 13.0. The van der Waals surface area contributed by atoms with Gasteiger partial charge in [-0.1, -0.05) is 0 Å². The monoisotopic (exact) mass is 610 g/mol. The SMILES string of the molecule is C[C@@H]1O[C@@H](OC[C@H]2O[C@@H](OC(=O)c3c(-c4ccc(O)c(O)c4)oc4cc(O)cc(O)c34)[C@H](O)[C@@H](O)[C@@H]2O)[C@H](O)[C@H](O)[C@H]1O. The lowest BCUT2D eigenvalue weighted by Crippen LogP contribution is -2.61. The van der Waals surface area contributed by atoms with Crippen LogP contribution in [0.5, 0.6) is 23.0 Å². The van der Waals surface area contributed by atoms with Crippen LogP contribution in [0.25, 0.3) is 22.3 Å². The molecular formula is C27H30O16. The van der Waals surface area contributed by atoms with Gasteiger partial charge < -0.3 is 74.4 Å². The second-order valence-corrected chi connectivity index (χ2v) is 10.3. The molecule has 16 nitrogen and oxygen atoms in total. The third-order valence-corrected chi connectivity index (χ3v) is 7.32. The summed E-state index contributed by atoms with van der Waals surface area (Å²) in [5.74, 6) is -3.60. The lowest BCUT2D eigenvalue weighted by molar-refractivity contribution is -0.321. The Bertz CT molecular complexity index is 1490. The summed E-state index contributed by atoms with van der Waals surface area (Å²) in [4.78, 5) is 13.5. The molecule has 43 heavy (non-hydrogen) atoms. The molecule has 0 saturated carbocycles. The number of carbonyl (C=O) groups excluding carboxylic acids is 1. The van der Waals surface area contributed by atoms with E-state index < -0.39 is 103 Å². The zero-order valence-electron chi connectivity index (χ0n) is 22.3. The zero-order valence-corrected chi connectivity index (χ0v) is 22.3. The van der Waals surface area contributed by atoms with Crippen molar-refractivity contribution >= 4 is 16.9 Å². The fourth-order valence-electron chi connectivity index (χ4n) is 4.91. The molecule has 2 aliphatic rings. The van der Waals surface area contributed by atoms with Crippen LogP contribution in [-0.4, -0.2) is 125 Å². The van der Waals surface area contributed by atoms with Gasteiger partial charge in [0, 0.05) is 17.7 Å². The lowest BCUT2D eigenvalue weighted by Gasteiger charge is -2.42. The maximum Gasteiger partial charge on any atom is 0.345 e. The number of benzene rings is 2. The summed E-state index contributed by atoms with van der Waals surface area (Å²) in [6, 6.07) is 5.45. The van der Waals surface area contributed by atoms with Gasteiger partial charge in [0.2, 0.25) is 6.29 Å². The van der Waals surface area contributed by atoms with E-state index in [-0.39, 0.29) is 22.3 Å². The van der Waals surface area contributed by atoms with Crippen LogP contribution in [0.1, 0.15) is 17.3 Å². The normalized spacial score (nSPS) is 33.0. The molecular weight excluding hydrogens is 580 g/mol. The van der Waals surface area contributed by atoms with Gasteiger partial charge >= 0.3 is 5.97 Å². The van der Waals surface area contributed by atoms with Crippen molar-refractivity contribution in [3.63, 3.8) is 0 Å². The van der Waals surface area contributed by atoms with Crippen molar-refractivity contribution in [3.8, 4) is 34.3 Å². The predicted octanol–water partition coefficient (Wildman–Crippen LogP) is -1.27. The predicted molar refractivity (Wildman–Crippen MR) is 139 cm³/mol. The highest BCUT2D eigenvalue weighted by Crippen LogP contribution is 2.42. The molecule has 2 aromatic carbocycles. The van der Waals surface area contributed by atoms with Gasteiger partial charge in [0.1, 0.15) is 71.1 Å². The summed E-state index contributed by atoms with van der Waals surface area (Å²) in [6.07, 6.45) is -16.2. The third kappa shape index (κ3) is 5.67. The molecule has 5 rings (SSSR count). The van der Waals surface area contributed by atoms with Gasteiger partial charge in [0.05, 0.1) is 18.1 Å². The Morgan fingerprint density at radius 1 is 0.767 bits per heavy atom. The lowest BCUT2D eigenvalue weighted by atomic mass is 9.98. The molecule has 2 aliphatic heterocycles. The first kappa shape index (κ1) is 30.7. The van der Waals surface area contributed by atoms with E-state index in [2.05, 4.69) is 0 Å². The molecule has 0 radical (unpaired) electrons. The Labute approximate surface area is 241 Å². The zero-order chi connectivity index (χ0) is 31.3. The maximum atomic E-state index is 13.5. The molecule has 3 aromatic rings. The van der Waals surface area contributed by atoms with E-state index in [0.717, 1.165) is 24.3 Å². The van der Waals surface area contributed by atoms with E-state index in [9.17, 15) is 55.9 Å². The summed E-state index contributed by atoms with van der Waals surface area (Å²) >= 11 is 0. The minimum atomic E-state index is -1.99. The number of phenolic OH excluding ortho intramolecular Hbond substituents is 4. The molecule has 0 aliphatic carbocycles. The van der Waals surface area contributed by atoms with Gasteiger partial charge in [-0.2, -0.15) is 0 Å². The molecule has 10 N–H and O–H groups in total. The molecule has 0 amide bonds. The molecule has 234 valence electrons. The maximum absolute atomic E-state index is 13.5. The molecule has 16 heteroatoms. The van der Waals surface area contributed by atoms with Crippen LogP contribution in [0.2, 0.25) is 0 Å². The number of carbonyl (C=O) groups is 1. The van der Waals surface area contributed by atoms with Gasteiger partial charge in [-0.15, -0.1) is 0 Å². The summed E-state index contributed by atoms with van der Waals surface area (Å²) in [5.41, 5.74) is -0.578. The molecule has 1 aromatic heterocycles. The number of phenols is 4. The summed E-state index contributed by atoms with van der Waals surface area (Å²) < 4.78 is 27.3. The van der Waals surface area contributed by atoms with Gasteiger partial charge in [-0.3, -0.25) is 0 Å². The van der Waals surface area contributed by atoms with Crippen LogP contribution in [0.15, 0.2) is 34.7 Å². The Balaban J connectivity index is 1.41. The molecule has 0 spiro atoms. The molecule has 10 atom stereocenters. The summed E-state index contributed by atoms with van der Waals surface area (Å²) in [7, 11) is 0. The molecule has 0 unspecified atom stereocenters. The fraction of sp³-hybridized carbons (Fsp3) is 0.444. The topological polar surface area (TPSA) is 269 Å². The number of ether oxygens (including phenoxy) is 4. The molecule has 2 saturated heterocycles. The average molecular weight is 611 g/mol. The number of esters is 1. The standard InChI is InChI=1S/C27H30O16/c1-8-18(32)20(34)22(36)26(40-8)39-7-15-19(33)21(35)23(37)27(42-15)43-25(38)17-16-13(31)5-10(28)6-14(16)41-24(17)9-2-3-11(29)12(30)4-9/h2-6,8,15,18-23,26-37H,7H2,1H3/t8-,15+,18-,19+,20+,21-,22+,23+,26+,27-/m0/s1. The van der Waals surface area contributed by atoms with Crippen molar-refractivity contribution in [2.24, 2.45) is 0 Å². The summed E-state index contributed by atoms with van der Waals surface area (Å²) in [6.45, 7) is 0.813. The van der Waals surface area contributed by atoms with Crippen molar-refractivity contribution in [1.82, 2.24) is 0 Å². The minimum absolute atomic E-state index is 0.0387. The van der Waals surface area contributed by atoms with E-state index >= 15 is 0 Å². The van der Waals surface area contributed by atoms with Crippen molar-refractivity contribution in [1.29, 1.82) is 0 Å². The van der Waals surface area contributed by atoms with E-state index in [1.807, 2.05) is 0 Å². The molecule has 3 heterocycles. The Morgan fingerprint density at radius 3 is 2.14 bits per heavy atom. The van der Waals surface area contributed by atoms with E-state index in [4.69, 9.17) is 23.4 Å². The highest BCUT2D eigenvalue weighted by Gasteiger charge is 2.48. The second kappa shape index (κ2) is 11.8. The van der Waals surface area contributed by atoms with Gasteiger partial charge in [-0.05, 0) is 25.1 Å². The first-order chi connectivity index (χ1) is 20.3. The van der Waals surface area contributed by atoms with E-state index in [1.165, 1.54) is 13.0 Å². The van der Waals surface area contributed by atoms with E-state index in [1.54, 1.807) is 0 Å².